The number of nitrogens with one attached hydrogen (secondary N) is 2. The Labute approximate surface area is 121 Å². The van der Waals surface area contributed by atoms with Gasteiger partial charge in [-0.15, -0.1) is 0 Å². The molecule has 0 aromatic heterocycles. The number of benzene rings is 1. The summed E-state index contributed by atoms with van der Waals surface area (Å²) < 4.78 is 27.4. The van der Waals surface area contributed by atoms with Crippen molar-refractivity contribution in [1.29, 1.82) is 0 Å². The van der Waals surface area contributed by atoms with E-state index < -0.39 is 10.0 Å². The lowest BCUT2D eigenvalue weighted by Gasteiger charge is -2.23. The molecule has 1 saturated carbocycles. The van der Waals surface area contributed by atoms with Crippen molar-refractivity contribution in [3.8, 4) is 0 Å². The van der Waals surface area contributed by atoms with Crippen LogP contribution in [0.5, 0.6) is 0 Å². The zero-order chi connectivity index (χ0) is 14.8. The monoisotopic (exact) mass is 297 g/mol. The molecular weight excluding hydrogens is 274 g/mol. The summed E-state index contributed by atoms with van der Waals surface area (Å²) >= 11 is 0. The maximum atomic E-state index is 12.4. The maximum Gasteiger partial charge on any atom is 0.242 e. The van der Waals surface area contributed by atoms with E-state index in [4.69, 9.17) is 5.73 Å². The molecule has 2 rings (SSSR count). The summed E-state index contributed by atoms with van der Waals surface area (Å²) in [6.45, 7) is 4.58. The van der Waals surface area contributed by atoms with Crippen molar-refractivity contribution in [3.05, 3.63) is 24.3 Å². The molecule has 112 valence electrons. The fraction of sp³-hybridized carbons (Fsp3) is 0.571. The second-order valence-electron chi connectivity index (χ2n) is 5.62. The average molecular weight is 297 g/mol. The molecule has 1 fully saturated rings. The van der Waals surface area contributed by atoms with Crippen LogP contribution in [0.3, 0.4) is 0 Å². The molecule has 0 aliphatic heterocycles. The molecule has 1 aliphatic rings. The summed E-state index contributed by atoms with van der Waals surface area (Å²) in [5, 5.41) is 3.25. The Hall–Kier alpha value is -1.11. The van der Waals surface area contributed by atoms with Gasteiger partial charge in [0, 0.05) is 18.6 Å². The van der Waals surface area contributed by atoms with E-state index in [2.05, 4.69) is 23.9 Å². The van der Waals surface area contributed by atoms with Gasteiger partial charge in [0.15, 0.2) is 0 Å². The Morgan fingerprint density at radius 3 is 2.50 bits per heavy atom. The first kappa shape index (κ1) is 15.3. The van der Waals surface area contributed by atoms with Crippen LogP contribution in [-0.4, -0.2) is 27.0 Å². The van der Waals surface area contributed by atoms with Gasteiger partial charge < -0.3 is 11.1 Å². The van der Waals surface area contributed by atoms with Crippen LogP contribution < -0.4 is 15.8 Å². The van der Waals surface area contributed by atoms with E-state index in [-0.39, 0.29) is 12.1 Å². The first-order valence-electron chi connectivity index (χ1n) is 7.02. The number of hydrogen-bond acceptors (Lipinski definition) is 4. The van der Waals surface area contributed by atoms with Gasteiger partial charge in [-0.05, 0) is 30.9 Å². The molecule has 0 amide bonds. The van der Waals surface area contributed by atoms with Gasteiger partial charge in [0.05, 0.1) is 5.69 Å². The highest BCUT2D eigenvalue weighted by Gasteiger charge is 2.29. The molecule has 5 nitrogen and oxygen atoms in total. The summed E-state index contributed by atoms with van der Waals surface area (Å²) in [7, 11) is -3.46. The quantitative estimate of drug-likeness (QED) is 0.712. The lowest BCUT2D eigenvalue weighted by molar-refractivity contribution is 0.530. The molecule has 4 N–H and O–H groups in total. The minimum absolute atomic E-state index is 0.0484. The molecule has 1 unspecified atom stereocenters. The molecule has 1 aromatic carbocycles. The van der Waals surface area contributed by atoms with Gasteiger partial charge in [0.1, 0.15) is 4.90 Å². The highest BCUT2D eigenvalue weighted by Crippen LogP contribution is 2.26. The van der Waals surface area contributed by atoms with Crippen LogP contribution in [-0.2, 0) is 10.0 Å². The predicted molar refractivity (Wildman–Crippen MR) is 81.1 cm³/mol. The molecule has 6 heteroatoms. The van der Waals surface area contributed by atoms with Crippen molar-refractivity contribution < 1.29 is 8.42 Å². The first-order valence-corrected chi connectivity index (χ1v) is 8.50. The van der Waals surface area contributed by atoms with Crippen molar-refractivity contribution in [2.75, 3.05) is 11.9 Å². The molecule has 0 saturated heterocycles. The van der Waals surface area contributed by atoms with E-state index in [1.807, 2.05) is 6.07 Å². The van der Waals surface area contributed by atoms with Gasteiger partial charge in [-0.1, -0.05) is 26.0 Å². The third-order valence-electron chi connectivity index (χ3n) is 3.48. The van der Waals surface area contributed by atoms with Gasteiger partial charge in [-0.25, -0.2) is 13.1 Å². The Morgan fingerprint density at radius 1 is 1.30 bits per heavy atom. The Bertz CT molecular complexity index is 553. The molecule has 0 radical (unpaired) electrons. The molecule has 20 heavy (non-hydrogen) atoms. The fourth-order valence-corrected chi connectivity index (χ4v) is 3.48. The van der Waals surface area contributed by atoms with E-state index in [0.717, 1.165) is 12.8 Å². The van der Waals surface area contributed by atoms with Crippen molar-refractivity contribution >= 4 is 15.7 Å². The Kier molecular flexibility index (Phi) is 4.67. The van der Waals surface area contributed by atoms with E-state index in [9.17, 15) is 8.42 Å². The molecule has 0 heterocycles. The summed E-state index contributed by atoms with van der Waals surface area (Å²) in [5.74, 6) is 0.326. The maximum absolute atomic E-state index is 12.4. The lowest BCUT2D eigenvalue weighted by Crippen LogP contribution is -2.35. The predicted octanol–water partition coefficient (Wildman–Crippen LogP) is 1.52. The highest BCUT2D eigenvalue weighted by molar-refractivity contribution is 7.89. The minimum Gasteiger partial charge on any atom is -0.380 e. The lowest BCUT2D eigenvalue weighted by atomic mass is 10.0. The normalized spacial score (nSPS) is 17.2. The number of sulfonamides is 1. The van der Waals surface area contributed by atoms with Crippen LogP contribution in [0.25, 0.3) is 0 Å². The summed E-state index contributed by atoms with van der Waals surface area (Å²) in [4.78, 5) is 0.297. The summed E-state index contributed by atoms with van der Waals surface area (Å²) in [6, 6.07) is 7.12. The zero-order valence-corrected chi connectivity index (χ0v) is 12.8. The second kappa shape index (κ2) is 6.11. The molecule has 0 bridgehead atoms. The van der Waals surface area contributed by atoms with Gasteiger partial charge in [-0.2, -0.15) is 0 Å². The van der Waals surface area contributed by atoms with Crippen molar-refractivity contribution in [2.24, 2.45) is 11.7 Å². The van der Waals surface area contributed by atoms with Gasteiger partial charge in [0.2, 0.25) is 10.0 Å². The molecule has 0 spiro atoms. The van der Waals surface area contributed by atoms with E-state index in [0.29, 0.717) is 23.0 Å². The largest absolute Gasteiger partial charge is 0.380 e. The zero-order valence-electron chi connectivity index (χ0n) is 12.0. The van der Waals surface area contributed by atoms with Gasteiger partial charge in [0.25, 0.3) is 0 Å². The third-order valence-corrected chi connectivity index (χ3v) is 5.05. The molecular formula is C14H23N3O2S. The number of anilines is 1. The minimum atomic E-state index is -3.46. The number of hydrogen-bond donors (Lipinski definition) is 3. The van der Waals surface area contributed by atoms with E-state index >= 15 is 0 Å². The van der Waals surface area contributed by atoms with Crippen LogP contribution in [0, 0.1) is 5.92 Å². The molecule has 1 aliphatic carbocycles. The third kappa shape index (κ3) is 3.71. The topological polar surface area (TPSA) is 84.2 Å². The van der Waals surface area contributed by atoms with Crippen LogP contribution in [0.4, 0.5) is 5.69 Å². The SMILES string of the molecule is CC(C)C(CN)Nc1ccccc1S(=O)(=O)NC1CC1. The highest BCUT2D eigenvalue weighted by atomic mass is 32.2. The smallest absolute Gasteiger partial charge is 0.242 e. The Morgan fingerprint density at radius 2 is 1.95 bits per heavy atom. The Balaban J connectivity index is 2.25. The van der Waals surface area contributed by atoms with Crippen molar-refractivity contribution in [2.45, 2.75) is 43.7 Å². The summed E-state index contributed by atoms with van der Waals surface area (Å²) in [5.41, 5.74) is 6.36. The molecule has 1 atom stereocenters. The van der Waals surface area contributed by atoms with Crippen molar-refractivity contribution in [3.63, 3.8) is 0 Å². The summed E-state index contributed by atoms with van der Waals surface area (Å²) in [6.07, 6.45) is 1.85. The van der Waals surface area contributed by atoms with Gasteiger partial charge in [-0.3, -0.25) is 0 Å². The van der Waals surface area contributed by atoms with Crippen LogP contribution >= 0.6 is 0 Å². The van der Waals surface area contributed by atoms with Crippen molar-refractivity contribution in [1.82, 2.24) is 4.72 Å². The van der Waals surface area contributed by atoms with Crippen LogP contribution in [0.15, 0.2) is 29.2 Å². The van der Waals surface area contributed by atoms with Crippen LogP contribution in [0.2, 0.25) is 0 Å². The first-order chi connectivity index (χ1) is 9.44. The van der Waals surface area contributed by atoms with E-state index in [1.54, 1.807) is 18.2 Å². The second-order valence-corrected chi connectivity index (χ2v) is 7.30. The number of rotatable bonds is 7. The number of nitrogens with two attached hydrogens (primary N) is 1. The van der Waals surface area contributed by atoms with Gasteiger partial charge >= 0.3 is 0 Å². The standard InChI is InChI=1S/C14H23N3O2S/c1-10(2)13(9-15)16-12-5-3-4-6-14(12)20(18,19)17-11-7-8-11/h3-6,10-11,13,16-17H,7-9,15H2,1-2H3. The van der Waals surface area contributed by atoms with Crippen LogP contribution in [0.1, 0.15) is 26.7 Å². The fourth-order valence-electron chi connectivity index (χ4n) is 2.00. The molecule has 1 aromatic rings. The number of para-hydroxylation sites is 1. The van der Waals surface area contributed by atoms with E-state index in [1.165, 1.54) is 0 Å². The average Bonchev–Trinajstić information content (AvgIpc) is 3.19.